The lowest BCUT2D eigenvalue weighted by atomic mass is 10.2. The van der Waals surface area contributed by atoms with Crippen LogP contribution in [0.1, 0.15) is 11.1 Å². The summed E-state index contributed by atoms with van der Waals surface area (Å²) in [5, 5.41) is 9.31. The smallest absolute Gasteiger partial charge is 0.241 e. The molecule has 1 aromatic carbocycles. The Morgan fingerprint density at radius 2 is 2.14 bits per heavy atom. The second kappa shape index (κ2) is 6.17. The van der Waals surface area contributed by atoms with Crippen molar-refractivity contribution in [3.63, 3.8) is 0 Å². The maximum Gasteiger partial charge on any atom is 0.241 e. The van der Waals surface area contributed by atoms with E-state index in [1.165, 1.54) is 6.07 Å². The van der Waals surface area contributed by atoms with E-state index < -0.39 is 10.0 Å². The monoisotopic (exact) mass is 373 g/mol. The fourth-order valence-electron chi connectivity index (χ4n) is 1.97. The van der Waals surface area contributed by atoms with Crippen molar-refractivity contribution in [3.05, 3.63) is 40.1 Å². The fraction of sp³-hybridized carbons (Fsp3) is 0.308. The first kappa shape index (κ1) is 16.0. The molecule has 2 rings (SSSR count). The molecule has 1 heterocycles. The average Bonchev–Trinajstić information content (AvgIpc) is 2.76. The molecule has 114 valence electrons. The molecule has 0 aliphatic rings. The molecule has 0 spiro atoms. The number of aryl methyl sites for hydroxylation is 2. The number of nitrogens with zero attached hydrogens (tertiary/aromatic N) is 2. The maximum atomic E-state index is 11.7. The standard InChI is InChI=1S/C13H16BrN3O3S/c1-9-5-11(14)6-12(21(15,18)19)13(9)20-4-3-10-7-16-17(2)8-10/h5-8H,3-4H2,1-2H3,(H2,15,18,19). The number of hydrogen-bond donors (Lipinski definition) is 1. The van der Waals surface area contributed by atoms with Gasteiger partial charge in [-0.05, 0) is 30.2 Å². The molecule has 0 fully saturated rings. The molecule has 8 heteroatoms. The minimum Gasteiger partial charge on any atom is -0.492 e. The molecule has 21 heavy (non-hydrogen) atoms. The summed E-state index contributed by atoms with van der Waals surface area (Å²) in [5.41, 5.74) is 1.73. The highest BCUT2D eigenvalue weighted by Gasteiger charge is 2.18. The summed E-state index contributed by atoms with van der Waals surface area (Å²) in [6, 6.07) is 3.23. The van der Waals surface area contributed by atoms with Gasteiger partial charge in [-0.3, -0.25) is 4.68 Å². The van der Waals surface area contributed by atoms with Crippen molar-refractivity contribution in [1.82, 2.24) is 9.78 Å². The van der Waals surface area contributed by atoms with Crippen molar-refractivity contribution < 1.29 is 13.2 Å². The van der Waals surface area contributed by atoms with Gasteiger partial charge in [0.2, 0.25) is 10.0 Å². The average molecular weight is 374 g/mol. The first-order chi connectivity index (χ1) is 9.77. The summed E-state index contributed by atoms with van der Waals surface area (Å²) < 4.78 is 31.3. The van der Waals surface area contributed by atoms with Gasteiger partial charge in [0.15, 0.2) is 0 Å². The lowest BCUT2D eigenvalue weighted by molar-refractivity contribution is 0.311. The van der Waals surface area contributed by atoms with Crippen LogP contribution < -0.4 is 9.88 Å². The highest BCUT2D eigenvalue weighted by atomic mass is 79.9. The molecule has 0 bridgehead atoms. The summed E-state index contributed by atoms with van der Waals surface area (Å²) in [6.45, 7) is 2.12. The SMILES string of the molecule is Cc1cc(Br)cc(S(N)(=O)=O)c1OCCc1cnn(C)c1. The number of hydrogen-bond acceptors (Lipinski definition) is 4. The van der Waals surface area contributed by atoms with Crippen molar-refractivity contribution in [3.8, 4) is 5.75 Å². The molecule has 1 aromatic heterocycles. The third kappa shape index (κ3) is 4.05. The quantitative estimate of drug-likeness (QED) is 0.864. The normalized spacial score (nSPS) is 11.6. The Hall–Kier alpha value is -1.38. The van der Waals surface area contributed by atoms with Crippen LogP contribution in [0.3, 0.4) is 0 Å². The van der Waals surface area contributed by atoms with Crippen molar-refractivity contribution in [2.45, 2.75) is 18.2 Å². The predicted molar refractivity (Wildman–Crippen MR) is 82.7 cm³/mol. The van der Waals surface area contributed by atoms with E-state index in [0.29, 0.717) is 28.8 Å². The lowest BCUT2D eigenvalue weighted by Crippen LogP contribution is -2.15. The molecule has 0 amide bonds. The summed E-state index contributed by atoms with van der Waals surface area (Å²) in [7, 11) is -2.01. The van der Waals surface area contributed by atoms with Gasteiger partial charge in [0.25, 0.3) is 0 Å². The van der Waals surface area contributed by atoms with Gasteiger partial charge in [-0.15, -0.1) is 0 Å². The van der Waals surface area contributed by atoms with Gasteiger partial charge in [0.05, 0.1) is 12.8 Å². The molecule has 0 saturated heterocycles. The molecule has 0 saturated carbocycles. The van der Waals surface area contributed by atoms with Crippen LogP contribution in [0, 0.1) is 6.92 Å². The Kier molecular flexibility index (Phi) is 4.70. The summed E-state index contributed by atoms with van der Waals surface area (Å²) in [5.74, 6) is 0.296. The summed E-state index contributed by atoms with van der Waals surface area (Å²) in [6.07, 6.45) is 4.27. The summed E-state index contributed by atoms with van der Waals surface area (Å²) >= 11 is 3.26. The van der Waals surface area contributed by atoms with E-state index in [1.807, 2.05) is 13.2 Å². The Morgan fingerprint density at radius 1 is 1.43 bits per heavy atom. The number of primary sulfonamides is 1. The first-order valence-electron chi connectivity index (χ1n) is 6.20. The minimum atomic E-state index is -3.84. The minimum absolute atomic E-state index is 0.0134. The molecule has 0 aliphatic carbocycles. The van der Waals surface area contributed by atoms with Crippen LogP contribution >= 0.6 is 15.9 Å². The third-order valence-electron chi connectivity index (χ3n) is 2.91. The molecule has 0 atom stereocenters. The van der Waals surface area contributed by atoms with Crippen LogP contribution in [0.15, 0.2) is 33.9 Å². The van der Waals surface area contributed by atoms with Gasteiger partial charge in [0.1, 0.15) is 10.6 Å². The Labute approximate surface area is 132 Å². The largest absolute Gasteiger partial charge is 0.492 e. The molecular formula is C13H16BrN3O3S. The number of rotatable bonds is 5. The van der Waals surface area contributed by atoms with E-state index in [0.717, 1.165) is 5.56 Å². The number of ether oxygens (including phenoxy) is 1. The van der Waals surface area contributed by atoms with Crippen LogP contribution in [0.2, 0.25) is 0 Å². The second-order valence-corrected chi connectivity index (χ2v) is 7.16. The van der Waals surface area contributed by atoms with Crippen molar-refractivity contribution in [1.29, 1.82) is 0 Å². The second-order valence-electron chi connectivity index (χ2n) is 4.72. The Bertz CT molecular complexity index is 756. The van der Waals surface area contributed by atoms with Crippen LogP contribution in [-0.4, -0.2) is 24.8 Å². The zero-order valence-electron chi connectivity index (χ0n) is 11.7. The van der Waals surface area contributed by atoms with Crippen LogP contribution in [-0.2, 0) is 23.5 Å². The van der Waals surface area contributed by atoms with E-state index in [9.17, 15) is 8.42 Å². The highest BCUT2D eigenvalue weighted by Crippen LogP contribution is 2.31. The third-order valence-corrected chi connectivity index (χ3v) is 4.28. The van der Waals surface area contributed by atoms with E-state index >= 15 is 0 Å². The number of aromatic nitrogens is 2. The van der Waals surface area contributed by atoms with Gasteiger partial charge < -0.3 is 4.74 Å². The van der Waals surface area contributed by atoms with Crippen molar-refractivity contribution >= 4 is 26.0 Å². The van der Waals surface area contributed by atoms with Crippen LogP contribution in [0.4, 0.5) is 0 Å². The zero-order chi connectivity index (χ0) is 15.6. The molecule has 2 N–H and O–H groups in total. The first-order valence-corrected chi connectivity index (χ1v) is 8.54. The molecule has 0 radical (unpaired) electrons. The van der Waals surface area contributed by atoms with Crippen molar-refractivity contribution in [2.24, 2.45) is 12.2 Å². The van der Waals surface area contributed by atoms with Gasteiger partial charge in [-0.1, -0.05) is 15.9 Å². The zero-order valence-corrected chi connectivity index (χ0v) is 14.1. The molecular weight excluding hydrogens is 358 g/mol. The van der Waals surface area contributed by atoms with Crippen molar-refractivity contribution in [2.75, 3.05) is 6.61 Å². The van der Waals surface area contributed by atoms with E-state index in [1.54, 1.807) is 23.9 Å². The Balaban J connectivity index is 2.19. The maximum absolute atomic E-state index is 11.7. The van der Waals surface area contributed by atoms with Gasteiger partial charge >= 0.3 is 0 Å². The molecule has 0 aliphatic heterocycles. The summed E-state index contributed by atoms with van der Waals surface area (Å²) in [4.78, 5) is -0.0134. The van der Waals surface area contributed by atoms with Gasteiger partial charge in [-0.2, -0.15) is 5.10 Å². The lowest BCUT2D eigenvalue weighted by Gasteiger charge is -2.13. The number of sulfonamides is 1. The fourth-order valence-corrected chi connectivity index (χ4v) is 3.46. The van der Waals surface area contributed by atoms with E-state index in [2.05, 4.69) is 21.0 Å². The molecule has 2 aromatic rings. The number of benzene rings is 1. The Morgan fingerprint density at radius 3 is 2.71 bits per heavy atom. The van der Waals surface area contributed by atoms with Gasteiger partial charge in [-0.25, -0.2) is 13.6 Å². The number of nitrogens with two attached hydrogens (primary N) is 1. The van der Waals surface area contributed by atoms with Crippen LogP contribution in [0.5, 0.6) is 5.75 Å². The van der Waals surface area contributed by atoms with Gasteiger partial charge in [0, 0.05) is 24.1 Å². The van der Waals surface area contributed by atoms with E-state index in [-0.39, 0.29) is 4.90 Å². The van der Waals surface area contributed by atoms with Crippen LogP contribution in [0.25, 0.3) is 0 Å². The van der Waals surface area contributed by atoms with E-state index in [4.69, 9.17) is 9.88 Å². The molecule has 6 nitrogen and oxygen atoms in total. The number of halogens is 1. The topological polar surface area (TPSA) is 87.2 Å². The predicted octanol–water partition coefficient (Wildman–Crippen LogP) is 1.76. The molecule has 0 unspecified atom stereocenters. The highest BCUT2D eigenvalue weighted by molar-refractivity contribution is 9.10.